The molecule has 0 aromatic heterocycles. The number of amides is 4. The van der Waals surface area contributed by atoms with Gasteiger partial charge in [-0.25, -0.2) is 0 Å². The molecule has 0 aliphatic carbocycles. The largest absolute Gasteiger partial charge is 0.489 e. The van der Waals surface area contributed by atoms with Crippen LogP contribution in [0.1, 0.15) is 58.5 Å². The first-order valence-electron chi connectivity index (χ1n) is 11.1. The van der Waals surface area contributed by atoms with Crippen LogP contribution in [-0.2, 0) is 22.7 Å². The van der Waals surface area contributed by atoms with E-state index in [1.54, 1.807) is 56.3 Å². The first-order chi connectivity index (χ1) is 16.1. The number of aliphatic hydroxyl groups is 1. The Morgan fingerprint density at radius 2 is 1.91 bits per heavy atom. The minimum atomic E-state index is -0.992. The molecular weight excluding hydrogens is 438 g/mol. The van der Waals surface area contributed by atoms with E-state index in [1.165, 1.54) is 4.90 Å². The fraction of sp³-hybridized carbons (Fsp3) is 0.360. The normalized spacial score (nSPS) is 17.9. The molecule has 34 heavy (non-hydrogen) atoms. The van der Waals surface area contributed by atoms with Crippen molar-refractivity contribution in [3.05, 3.63) is 64.7 Å². The van der Waals surface area contributed by atoms with E-state index in [4.69, 9.17) is 4.74 Å². The zero-order valence-corrected chi connectivity index (χ0v) is 19.1. The topological polar surface area (TPSA) is 125 Å². The molecule has 2 aliphatic heterocycles. The van der Waals surface area contributed by atoms with Gasteiger partial charge >= 0.3 is 0 Å². The van der Waals surface area contributed by atoms with Crippen molar-refractivity contribution in [1.29, 1.82) is 0 Å². The van der Waals surface area contributed by atoms with E-state index in [1.807, 2.05) is 0 Å². The highest BCUT2D eigenvalue weighted by molar-refractivity contribution is 6.05. The first kappa shape index (κ1) is 23.4. The lowest BCUT2D eigenvalue weighted by Crippen LogP contribution is -2.52. The smallest absolute Gasteiger partial charge is 0.255 e. The number of imide groups is 1. The molecule has 1 fully saturated rings. The van der Waals surface area contributed by atoms with E-state index in [0.29, 0.717) is 28.9 Å². The molecule has 2 aliphatic rings. The second-order valence-corrected chi connectivity index (χ2v) is 9.16. The number of nitrogens with zero attached hydrogens (tertiary/aromatic N) is 1. The lowest BCUT2D eigenvalue weighted by Gasteiger charge is -2.29. The highest BCUT2D eigenvalue weighted by Crippen LogP contribution is 2.33. The Labute approximate surface area is 197 Å². The van der Waals surface area contributed by atoms with Crippen molar-refractivity contribution in [2.45, 2.75) is 51.5 Å². The molecule has 2 heterocycles. The van der Waals surface area contributed by atoms with Crippen LogP contribution in [0.3, 0.4) is 0 Å². The average molecular weight is 466 g/mol. The number of benzene rings is 2. The fourth-order valence-corrected chi connectivity index (χ4v) is 4.00. The summed E-state index contributed by atoms with van der Waals surface area (Å²) in [6.07, 6.45) is 0.502. The van der Waals surface area contributed by atoms with Gasteiger partial charge in [0.05, 0.1) is 12.1 Å². The molecule has 2 aromatic rings. The molecule has 9 nitrogen and oxygen atoms in total. The maximum atomic E-state index is 12.9. The Kier molecular flexibility index (Phi) is 6.39. The maximum absolute atomic E-state index is 12.9. The molecule has 1 atom stereocenters. The number of hydrogen-bond donors (Lipinski definition) is 3. The molecule has 1 saturated heterocycles. The minimum absolute atomic E-state index is 0.143. The fourth-order valence-electron chi connectivity index (χ4n) is 4.00. The Morgan fingerprint density at radius 3 is 2.59 bits per heavy atom. The number of hydrogen-bond acceptors (Lipinski definition) is 6. The van der Waals surface area contributed by atoms with Crippen LogP contribution in [0.25, 0.3) is 0 Å². The molecule has 4 amide bonds. The molecule has 3 N–H and O–H groups in total. The van der Waals surface area contributed by atoms with E-state index in [9.17, 15) is 24.3 Å². The van der Waals surface area contributed by atoms with Crippen molar-refractivity contribution in [3.63, 3.8) is 0 Å². The van der Waals surface area contributed by atoms with E-state index >= 15 is 0 Å². The third-order valence-electron chi connectivity index (χ3n) is 5.83. The molecule has 0 saturated carbocycles. The number of carbonyl (C=O) groups is 4. The van der Waals surface area contributed by atoms with Gasteiger partial charge in [-0.2, -0.15) is 0 Å². The number of piperidine rings is 1. The predicted molar refractivity (Wildman–Crippen MR) is 122 cm³/mol. The molecule has 1 unspecified atom stereocenters. The summed E-state index contributed by atoms with van der Waals surface area (Å²) in [7, 11) is 0. The summed E-state index contributed by atoms with van der Waals surface area (Å²) in [5, 5.41) is 14.7. The van der Waals surface area contributed by atoms with Gasteiger partial charge in [-0.05, 0) is 50.1 Å². The van der Waals surface area contributed by atoms with Crippen LogP contribution in [0, 0.1) is 0 Å². The Morgan fingerprint density at radius 1 is 1.18 bits per heavy atom. The molecule has 9 heteroatoms. The average Bonchev–Trinajstić information content (AvgIpc) is 3.13. The lowest BCUT2D eigenvalue weighted by atomic mass is 10.0. The monoisotopic (exact) mass is 465 g/mol. The second-order valence-electron chi connectivity index (χ2n) is 9.16. The van der Waals surface area contributed by atoms with Crippen LogP contribution >= 0.6 is 0 Å². The van der Waals surface area contributed by atoms with Gasteiger partial charge < -0.3 is 20.1 Å². The second kappa shape index (κ2) is 9.26. The Balaban J connectivity index is 1.40. The van der Waals surface area contributed by atoms with E-state index in [2.05, 4.69) is 10.6 Å². The van der Waals surface area contributed by atoms with Crippen molar-refractivity contribution in [1.82, 2.24) is 15.5 Å². The van der Waals surface area contributed by atoms with Crippen molar-refractivity contribution >= 4 is 23.6 Å². The lowest BCUT2D eigenvalue weighted by molar-refractivity contribution is -0.136. The van der Waals surface area contributed by atoms with Crippen LogP contribution in [0.4, 0.5) is 0 Å². The van der Waals surface area contributed by atoms with Gasteiger partial charge in [0, 0.05) is 29.7 Å². The van der Waals surface area contributed by atoms with Crippen molar-refractivity contribution in [2.24, 2.45) is 0 Å². The van der Waals surface area contributed by atoms with E-state index in [-0.39, 0.29) is 43.8 Å². The molecule has 2 aromatic carbocycles. The van der Waals surface area contributed by atoms with Crippen LogP contribution in [0.2, 0.25) is 0 Å². The Bertz CT molecular complexity index is 1140. The molecule has 0 spiro atoms. The van der Waals surface area contributed by atoms with Gasteiger partial charge in [0.1, 0.15) is 18.4 Å². The SMILES string of the molecule is CC(C)(O)CNC(=O)c1ccc(COc2cccc3c2CN(C2CCC(=O)NC2=O)C3=O)cc1. The summed E-state index contributed by atoms with van der Waals surface area (Å²) in [4.78, 5) is 50.3. The minimum Gasteiger partial charge on any atom is -0.489 e. The highest BCUT2D eigenvalue weighted by atomic mass is 16.5. The van der Waals surface area contributed by atoms with Crippen molar-refractivity contribution in [3.8, 4) is 5.75 Å². The highest BCUT2D eigenvalue weighted by Gasteiger charge is 2.40. The summed E-state index contributed by atoms with van der Waals surface area (Å²) >= 11 is 0. The standard InChI is InChI=1S/C25H27N3O6/c1-25(2,33)14-26-22(30)16-8-6-15(7-9-16)13-34-20-5-3-4-17-18(20)12-28(24(17)32)19-10-11-21(29)27-23(19)31/h3-9,19,33H,10-14H2,1-2H3,(H,26,30)(H,27,29,31). The van der Waals surface area contributed by atoms with Gasteiger partial charge in [-0.3, -0.25) is 24.5 Å². The third-order valence-corrected chi connectivity index (χ3v) is 5.83. The van der Waals surface area contributed by atoms with Crippen molar-refractivity contribution in [2.75, 3.05) is 6.54 Å². The first-order valence-corrected chi connectivity index (χ1v) is 11.1. The number of fused-ring (bicyclic) bond motifs is 1. The Hall–Kier alpha value is -3.72. The van der Waals surface area contributed by atoms with Gasteiger partial charge in [-0.1, -0.05) is 18.2 Å². The van der Waals surface area contributed by atoms with Gasteiger partial charge in [0.2, 0.25) is 11.8 Å². The van der Waals surface area contributed by atoms with Crippen molar-refractivity contribution < 1.29 is 29.0 Å². The van der Waals surface area contributed by atoms with Crippen LogP contribution in [0.15, 0.2) is 42.5 Å². The van der Waals surface area contributed by atoms with E-state index < -0.39 is 17.6 Å². The van der Waals surface area contributed by atoms with Crippen LogP contribution < -0.4 is 15.4 Å². The number of rotatable bonds is 7. The van der Waals surface area contributed by atoms with Gasteiger partial charge in [-0.15, -0.1) is 0 Å². The summed E-state index contributed by atoms with van der Waals surface area (Å²) in [6, 6.07) is 11.5. The quantitative estimate of drug-likeness (QED) is 0.533. The number of ether oxygens (including phenoxy) is 1. The summed E-state index contributed by atoms with van der Waals surface area (Å²) in [6.45, 7) is 3.84. The maximum Gasteiger partial charge on any atom is 0.255 e. The molecular formula is C25H27N3O6. The number of carbonyl (C=O) groups excluding carboxylic acids is 4. The summed E-state index contributed by atoms with van der Waals surface area (Å²) in [5.74, 6) is -0.756. The number of nitrogens with one attached hydrogen (secondary N) is 2. The summed E-state index contributed by atoms with van der Waals surface area (Å²) < 4.78 is 5.99. The molecule has 0 bridgehead atoms. The zero-order valence-electron chi connectivity index (χ0n) is 19.1. The molecule has 0 radical (unpaired) electrons. The van der Waals surface area contributed by atoms with Crippen LogP contribution in [-0.4, -0.2) is 51.8 Å². The third kappa shape index (κ3) is 5.09. The van der Waals surface area contributed by atoms with Crippen LogP contribution in [0.5, 0.6) is 5.75 Å². The van der Waals surface area contributed by atoms with Gasteiger partial charge in [0.15, 0.2) is 0 Å². The zero-order chi connectivity index (χ0) is 24.5. The van der Waals surface area contributed by atoms with E-state index in [0.717, 1.165) is 5.56 Å². The molecule has 4 rings (SSSR count). The predicted octanol–water partition coefficient (Wildman–Crippen LogP) is 1.53. The van der Waals surface area contributed by atoms with Gasteiger partial charge in [0.25, 0.3) is 11.8 Å². The molecule has 178 valence electrons. The summed E-state index contributed by atoms with van der Waals surface area (Å²) in [5.41, 5.74) is 1.51.